The smallest absolute Gasteiger partial charge is 0.395 e. The van der Waals surface area contributed by atoms with Crippen LogP contribution in [0.3, 0.4) is 0 Å². The van der Waals surface area contributed by atoms with Gasteiger partial charge in [0.15, 0.2) is 0 Å². The van der Waals surface area contributed by atoms with Crippen LogP contribution in [-0.2, 0) is 36.3 Å². The van der Waals surface area contributed by atoms with Gasteiger partial charge in [0.2, 0.25) is 0 Å². The van der Waals surface area contributed by atoms with E-state index in [2.05, 4.69) is 45.5 Å². The molecule has 0 aromatic heterocycles. The maximum Gasteiger partial charge on any atom is 4.00 e. The van der Waals surface area contributed by atoms with Gasteiger partial charge in [-0.05, 0) is 26.4 Å². The van der Waals surface area contributed by atoms with E-state index in [1.165, 1.54) is 56.1 Å². The standard InChI is InChI=1S/C19H35O2Si.3CH3.Pt/c1-5-20-22(4,21-6-2)17-12-10-8-7-9-11-15-19-16-13-14-18(19)3;;;;/h13-14,16H,5-12,15,17H2,1-4H3;3*1H3;/q4*-1;+4. The first-order valence-corrected chi connectivity index (χ1v) is 11.6. The van der Waals surface area contributed by atoms with Crippen LogP contribution in [0.5, 0.6) is 0 Å². The molecule has 0 aliphatic carbocycles. The fourth-order valence-corrected chi connectivity index (χ4v) is 5.58. The predicted octanol–water partition coefficient (Wildman–Crippen LogP) is 7.09. The van der Waals surface area contributed by atoms with Crippen LogP contribution < -0.4 is 0 Å². The Hall–Kier alpha value is 0.175. The van der Waals surface area contributed by atoms with Crippen molar-refractivity contribution in [1.29, 1.82) is 0 Å². The maximum absolute atomic E-state index is 5.88. The summed E-state index contributed by atoms with van der Waals surface area (Å²) < 4.78 is 11.8. The van der Waals surface area contributed by atoms with Gasteiger partial charge in [0.25, 0.3) is 0 Å². The number of hydrogen-bond acceptors (Lipinski definition) is 2. The van der Waals surface area contributed by atoms with Crippen LogP contribution in [0.2, 0.25) is 12.6 Å². The van der Waals surface area contributed by atoms with E-state index in [9.17, 15) is 0 Å². The molecular formula is C22H44O2PtSi. The molecule has 0 aliphatic rings. The first-order valence-electron chi connectivity index (χ1n) is 9.10. The van der Waals surface area contributed by atoms with Gasteiger partial charge < -0.3 is 31.1 Å². The van der Waals surface area contributed by atoms with Gasteiger partial charge in [-0.2, -0.15) is 17.2 Å². The molecule has 0 saturated carbocycles. The molecule has 0 heterocycles. The van der Waals surface area contributed by atoms with Crippen molar-refractivity contribution < 1.29 is 29.9 Å². The summed E-state index contributed by atoms with van der Waals surface area (Å²) in [6.07, 6.45) is 9.22. The van der Waals surface area contributed by atoms with Crippen LogP contribution in [0.25, 0.3) is 0 Å². The van der Waals surface area contributed by atoms with Gasteiger partial charge in [0, 0.05) is 13.2 Å². The van der Waals surface area contributed by atoms with Crippen LogP contribution in [0.1, 0.15) is 63.5 Å². The van der Waals surface area contributed by atoms with Crippen LogP contribution in [-0.4, -0.2) is 21.8 Å². The largest absolute Gasteiger partial charge is 4.00 e. The summed E-state index contributed by atoms with van der Waals surface area (Å²) in [7, 11) is -1.87. The normalized spacial score (nSPS) is 10.2. The van der Waals surface area contributed by atoms with Gasteiger partial charge in [0.1, 0.15) is 0 Å². The molecule has 26 heavy (non-hydrogen) atoms. The molecular weight excluding hydrogens is 519 g/mol. The van der Waals surface area contributed by atoms with E-state index in [1.54, 1.807) is 0 Å². The van der Waals surface area contributed by atoms with E-state index in [-0.39, 0.29) is 43.3 Å². The fraction of sp³-hybridized carbons (Fsp3) is 0.636. The summed E-state index contributed by atoms with van der Waals surface area (Å²) in [5.41, 5.74) is 2.99. The summed E-state index contributed by atoms with van der Waals surface area (Å²) in [6, 6.07) is 7.79. The molecule has 0 N–H and O–H groups in total. The zero-order chi connectivity index (χ0) is 16.3. The second-order valence-corrected chi connectivity index (χ2v) is 9.70. The molecule has 158 valence electrons. The van der Waals surface area contributed by atoms with Crippen molar-refractivity contribution in [2.45, 2.75) is 78.3 Å². The zero-order valence-electron chi connectivity index (χ0n) is 18.4. The Balaban J connectivity index is -0.000000605. The Morgan fingerprint density at radius 2 is 1.38 bits per heavy atom. The van der Waals surface area contributed by atoms with Gasteiger partial charge >= 0.3 is 29.6 Å². The summed E-state index contributed by atoms with van der Waals surface area (Å²) >= 11 is 0. The monoisotopic (exact) mass is 563 g/mol. The van der Waals surface area contributed by atoms with E-state index in [0.717, 1.165) is 19.3 Å². The minimum absolute atomic E-state index is 0. The molecule has 1 rings (SSSR count). The van der Waals surface area contributed by atoms with E-state index >= 15 is 0 Å². The first-order chi connectivity index (χ1) is 10.6. The summed E-state index contributed by atoms with van der Waals surface area (Å²) in [5, 5.41) is 0. The third kappa shape index (κ3) is 14.3. The second-order valence-electron chi connectivity index (χ2n) is 6.36. The van der Waals surface area contributed by atoms with Gasteiger partial charge in [-0.25, -0.2) is 12.1 Å². The Bertz CT molecular complexity index is 387. The SMILES string of the molecule is CCO[Si](C)(CCCCCCCCc1ccc[c-]1C)OCC.[CH3-].[CH3-].[CH3-].[Pt+4]. The number of unbranched alkanes of at least 4 members (excludes halogenated alkanes) is 5. The van der Waals surface area contributed by atoms with E-state index < -0.39 is 8.56 Å². The molecule has 0 unspecified atom stereocenters. The number of rotatable bonds is 13. The Morgan fingerprint density at radius 1 is 0.885 bits per heavy atom. The minimum Gasteiger partial charge on any atom is -0.395 e. The molecule has 0 spiro atoms. The van der Waals surface area contributed by atoms with Crippen molar-refractivity contribution >= 4 is 8.56 Å². The molecule has 0 saturated heterocycles. The van der Waals surface area contributed by atoms with Gasteiger partial charge in [0.05, 0.1) is 0 Å². The van der Waals surface area contributed by atoms with E-state index in [1.807, 2.05) is 0 Å². The summed E-state index contributed by atoms with van der Waals surface area (Å²) in [4.78, 5) is 0. The molecule has 4 heteroatoms. The van der Waals surface area contributed by atoms with E-state index in [4.69, 9.17) is 8.85 Å². The number of aryl methyl sites for hydroxylation is 2. The molecule has 2 nitrogen and oxygen atoms in total. The van der Waals surface area contributed by atoms with Crippen LogP contribution >= 0.6 is 0 Å². The van der Waals surface area contributed by atoms with E-state index in [0.29, 0.717) is 0 Å². The third-order valence-corrected chi connectivity index (χ3v) is 7.44. The predicted molar refractivity (Wildman–Crippen MR) is 117 cm³/mol. The average Bonchev–Trinajstić information content (AvgIpc) is 2.88. The molecule has 0 bridgehead atoms. The van der Waals surface area contributed by atoms with Crippen molar-refractivity contribution in [3.05, 3.63) is 51.6 Å². The van der Waals surface area contributed by atoms with Crippen molar-refractivity contribution in [1.82, 2.24) is 0 Å². The van der Waals surface area contributed by atoms with Gasteiger partial charge in [-0.3, -0.25) is 0 Å². The molecule has 0 radical (unpaired) electrons. The van der Waals surface area contributed by atoms with Crippen LogP contribution in [0.15, 0.2) is 18.2 Å². The Labute approximate surface area is 181 Å². The van der Waals surface area contributed by atoms with Gasteiger partial charge in [-0.1, -0.05) is 51.9 Å². The Morgan fingerprint density at radius 3 is 1.85 bits per heavy atom. The third-order valence-electron chi connectivity index (χ3n) is 4.38. The van der Waals surface area contributed by atoms with Crippen molar-refractivity contribution in [2.24, 2.45) is 0 Å². The second kappa shape index (κ2) is 19.9. The van der Waals surface area contributed by atoms with Crippen molar-refractivity contribution in [3.63, 3.8) is 0 Å². The fourth-order valence-electron chi connectivity index (χ4n) is 3.09. The van der Waals surface area contributed by atoms with Crippen molar-refractivity contribution in [2.75, 3.05) is 13.2 Å². The first kappa shape index (κ1) is 33.7. The van der Waals surface area contributed by atoms with Gasteiger partial charge in [-0.15, -0.1) is 0 Å². The van der Waals surface area contributed by atoms with Crippen LogP contribution in [0, 0.1) is 29.2 Å². The minimum atomic E-state index is -1.87. The quantitative estimate of drug-likeness (QED) is 0.145. The average molecular weight is 564 g/mol. The molecule has 0 atom stereocenters. The number of hydrogen-bond donors (Lipinski definition) is 0. The molecule has 0 aliphatic heterocycles. The molecule has 0 fully saturated rings. The maximum atomic E-state index is 5.88. The van der Waals surface area contributed by atoms with Crippen molar-refractivity contribution in [3.8, 4) is 0 Å². The molecule has 1 aromatic carbocycles. The van der Waals surface area contributed by atoms with Crippen LogP contribution in [0.4, 0.5) is 0 Å². The zero-order valence-corrected chi connectivity index (χ0v) is 21.7. The summed E-state index contributed by atoms with van der Waals surface area (Å²) in [6.45, 7) is 10.1. The Kier molecular flexibility index (Phi) is 25.9. The summed E-state index contributed by atoms with van der Waals surface area (Å²) in [5.74, 6) is 0. The molecule has 0 amide bonds. The molecule has 1 aromatic rings. The topological polar surface area (TPSA) is 18.5 Å².